The highest BCUT2D eigenvalue weighted by Gasteiger charge is 2.13. The number of nitrogens with two attached hydrogens (primary N) is 2. The van der Waals surface area contributed by atoms with Crippen LogP contribution in [0.3, 0.4) is 0 Å². The molecule has 8 aromatic rings. The average Bonchev–Trinajstić information content (AvgIpc) is 3.56. The van der Waals surface area contributed by atoms with Crippen LogP contribution in [0.2, 0.25) is 0 Å². The molecular weight excluding hydrogens is 699 g/mol. The van der Waals surface area contributed by atoms with Crippen LogP contribution in [-0.4, -0.2) is 12.9 Å². The third-order valence-corrected chi connectivity index (χ3v) is 10.9. The predicted octanol–water partition coefficient (Wildman–Crippen LogP) is 13.7. The van der Waals surface area contributed by atoms with E-state index in [0.717, 1.165) is 11.1 Å². The zero-order valence-corrected chi connectivity index (χ0v) is 34.4. The Kier molecular flexibility index (Phi) is 14.3. The molecule has 4 N–H and O–H groups in total. The highest BCUT2D eigenvalue weighted by atomic mass is 32.1. The van der Waals surface area contributed by atoms with Crippen molar-refractivity contribution in [3.63, 3.8) is 0 Å². The van der Waals surface area contributed by atoms with Crippen molar-refractivity contribution in [2.45, 2.75) is 41.2 Å². The van der Waals surface area contributed by atoms with Crippen LogP contribution in [0.1, 0.15) is 50.7 Å². The number of hydrogen-bond acceptors (Lipinski definition) is 3. The van der Waals surface area contributed by atoms with Gasteiger partial charge in [0.2, 0.25) is 0 Å². The molecule has 0 unspecified atom stereocenters. The van der Waals surface area contributed by atoms with Crippen LogP contribution in [0.5, 0.6) is 0 Å². The van der Waals surface area contributed by atoms with Gasteiger partial charge in [-0.25, -0.2) is 0 Å². The topological polar surface area (TPSA) is 64.4 Å². The van der Waals surface area contributed by atoms with Gasteiger partial charge >= 0.3 is 0 Å². The monoisotopic (exact) mass is 751 g/mol. The van der Waals surface area contributed by atoms with Gasteiger partial charge in [0.1, 0.15) is 5.84 Å². The highest BCUT2D eigenvalue weighted by Crippen LogP contribution is 2.39. The number of aryl methyl sites for hydroxylation is 4. The summed E-state index contributed by atoms with van der Waals surface area (Å²) in [6.45, 7) is 18.5. The summed E-state index contributed by atoms with van der Waals surface area (Å²) in [6, 6.07) is 46.8. The Morgan fingerprint density at radius 1 is 0.643 bits per heavy atom. The van der Waals surface area contributed by atoms with E-state index in [1.807, 2.05) is 54.7 Å². The maximum absolute atomic E-state index is 6.09. The highest BCUT2D eigenvalue weighted by molar-refractivity contribution is 7.19. The van der Waals surface area contributed by atoms with Crippen LogP contribution in [0, 0.1) is 27.7 Å². The van der Waals surface area contributed by atoms with Crippen molar-refractivity contribution in [2.24, 2.45) is 16.5 Å². The summed E-state index contributed by atoms with van der Waals surface area (Å²) >= 11 is 1.83. The Balaban J connectivity index is 0.000000222. The van der Waals surface area contributed by atoms with Crippen molar-refractivity contribution in [1.82, 2.24) is 0 Å². The standard InChI is InChI=1S/C32H25NS.C9H12.C8H10N2.C3H6/c1-3-21(17-29-20(2)34-31-14-8-9-23(19-33)32(29)31)22-15-16-28-26-12-5-4-10-24(26)25-11-6-7-13-27(25)30(28)18-22;1-7-4-5-8(2)9(3)6-7;1-10-8(9)7-5-3-2-4-6-7;1-3-2/h3-18H,1,19,33H2,2H3;4-6H,1-3H3;2-6H,1H3,(H2,9,10);3H,1H2,2H3/b21-17+;;;. The zero-order chi connectivity index (χ0) is 40.2. The summed E-state index contributed by atoms with van der Waals surface area (Å²) in [7, 11) is 1.68. The second kappa shape index (κ2) is 19.5. The minimum atomic E-state index is 0.535. The van der Waals surface area contributed by atoms with E-state index in [0.29, 0.717) is 12.4 Å². The van der Waals surface area contributed by atoms with E-state index in [9.17, 15) is 0 Å². The lowest BCUT2D eigenvalue weighted by molar-refractivity contribution is 1.09. The third-order valence-electron chi connectivity index (χ3n) is 9.81. The molecule has 4 heteroatoms. The lowest BCUT2D eigenvalue weighted by Gasteiger charge is -2.12. The Bertz CT molecular complexity index is 2640. The predicted molar refractivity (Wildman–Crippen MR) is 251 cm³/mol. The Morgan fingerprint density at radius 3 is 1.75 bits per heavy atom. The van der Waals surface area contributed by atoms with Gasteiger partial charge in [0.05, 0.1) is 0 Å². The molecule has 0 radical (unpaired) electrons. The third kappa shape index (κ3) is 9.41. The summed E-state index contributed by atoms with van der Waals surface area (Å²) in [5.41, 5.74) is 21.4. The van der Waals surface area contributed by atoms with Gasteiger partial charge in [-0.3, -0.25) is 4.99 Å². The first-order valence-electron chi connectivity index (χ1n) is 18.9. The van der Waals surface area contributed by atoms with Crippen molar-refractivity contribution in [3.8, 4) is 0 Å². The molecule has 0 saturated carbocycles. The number of allylic oxidation sites excluding steroid dienone is 3. The van der Waals surface area contributed by atoms with Gasteiger partial charge in [0.15, 0.2) is 0 Å². The minimum absolute atomic E-state index is 0.535. The normalized spacial score (nSPS) is 11.3. The fourth-order valence-electron chi connectivity index (χ4n) is 6.84. The van der Waals surface area contributed by atoms with E-state index in [4.69, 9.17) is 11.5 Å². The van der Waals surface area contributed by atoms with Crippen LogP contribution in [0.15, 0.2) is 164 Å². The Hall–Kier alpha value is -6.07. The molecule has 0 aliphatic rings. The molecule has 0 fully saturated rings. The number of fused-ring (bicyclic) bond motifs is 7. The largest absolute Gasteiger partial charge is 0.384 e. The van der Waals surface area contributed by atoms with Gasteiger partial charge in [-0.15, -0.1) is 17.9 Å². The van der Waals surface area contributed by atoms with Crippen LogP contribution < -0.4 is 11.5 Å². The smallest absolute Gasteiger partial charge is 0.125 e. The maximum Gasteiger partial charge on any atom is 0.125 e. The molecule has 0 aliphatic carbocycles. The second-order valence-electron chi connectivity index (χ2n) is 13.7. The summed E-state index contributed by atoms with van der Waals surface area (Å²) in [5, 5.41) is 8.98. The fraction of sp³-hybridized carbons (Fsp3) is 0.135. The Labute approximate surface area is 337 Å². The lowest BCUT2D eigenvalue weighted by atomic mass is 9.91. The molecule has 0 aliphatic heterocycles. The molecule has 56 heavy (non-hydrogen) atoms. The number of amidine groups is 1. The molecule has 0 bridgehead atoms. The van der Waals surface area contributed by atoms with Crippen molar-refractivity contribution in [3.05, 3.63) is 203 Å². The van der Waals surface area contributed by atoms with Crippen LogP contribution in [0.4, 0.5) is 0 Å². The molecule has 8 rings (SSSR count). The van der Waals surface area contributed by atoms with Gasteiger partial charge < -0.3 is 11.5 Å². The first-order chi connectivity index (χ1) is 27.1. The molecule has 3 nitrogen and oxygen atoms in total. The molecular formula is C52H53N3S. The first-order valence-corrected chi connectivity index (χ1v) is 19.7. The fourth-order valence-corrected chi connectivity index (χ4v) is 7.93. The molecule has 0 spiro atoms. The molecule has 1 heterocycles. The first kappa shape index (κ1) is 41.1. The Morgan fingerprint density at radius 2 is 1.21 bits per heavy atom. The molecule has 0 amide bonds. The van der Waals surface area contributed by atoms with Gasteiger partial charge in [-0.05, 0) is 119 Å². The number of thiophene rings is 1. The summed E-state index contributed by atoms with van der Waals surface area (Å²) in [5.74, 6) is 0.584. The summed E-state index contributed by atoms with van der Waals surface area (Å²) in [4.78, 5) is 5.15. The van der Waals surface area contributed by atoms with Gasteiger partial charge in [0.25, 0.3) is 0 Å². The van der Waals surface area contributed by atoms with E-state index in [1.165, 1.54) is 80.7 Å². The van der Waals surface area contributed by atoms with Gasteiger partial charge in [-0.2, -0.15) is 0 Å². The number of benzene rings is 7. The summed E-state index contributed by atoms with van der Waals surface area (Å²) in [6.07, 6.45) is 6.00. The SMILES string of the molecule is C=C/C(=C\c1c(C)sc2cccc(CN)c12)c1ccc2c3ccccc3c3ccccc3c2c1.C=CC.CN=C(N)c1ccccc1.Cc1ccc(C)c(C)c1. The van der Waals surface area contributed by atoms with Gasteiger partial charge in [0, 0.05) is 34.1 Å². The quantitative estimate of drug-likeness (QED) is 0.0605. The van der Waals surface area contributed by atoms with Crippen LogP contribution in [-0.2, 0) is 6.54 Å². The summed E-state index contributed by atoms with van der Waals surface area (Å²) < 4.78 is 1.28. The van der Waals surface area contributed by atoms with E-state index in [1.54, 1.807) is 13.1 Å². The van der Waals surface area contributed by atoms with Crippen LogP contribution >= 0.6 is 11.3 Å². The van der Waals surface area contributed by atoms with Gasteiger partial charge in [-0.1, -0.05) is 146 Å². The van der Waals surface area contributed by atoms with Crippen molar-refractivity contribution < 1.29 is 0 Å². The zero-order valence-electron chi connectivity index (χ0n) is 33.6. The average molecular weight is 752 g/mol. The van der Waals surface area contributed by atoms with E-state index < -0.39 is 0 Å². The van der Waals surface area contributed by atoms with Crippen molar-refractivity contribution >= 4 is 71.2 Å². The van der Waals surface area contributed by atoms with E-state index >= 15 is 0 Å². The molecule has 282 valence electrons. The molecule has 0 saturated heterocycles. The number of nitrogens with zero attached hydrogens (tertiary/aromatic N) is 1. The van der Waals surface area contributed by atoms with Crippen molar-refractivity contribution in [1.29, 1.82) is 0 Å². The lowest BCUT2D eigenvalue weighted by Crippen LogP contribution is -2.12. The number of hydrogen-bond donors (Lipinski definition) is 2. The van der Waals surface area contributed by atoms with E-state index in [-0.39, 0.29) is 0 Å². The number of rotatable bonds is 5. The number of aliphatic imine (C=N–C) groups is 1. The van der Waals surface area contributed by atoms with Crippen LogP contribution in [0.25, 0.3) is 54.1 Å². The molecule has 7 aromatic carbocycles. The second-order valence-corrected chi connectivity index (χ2v) is 14.9. The van der Waals surface area contributed by atoms with E-state index in [2.05, 4.69) is 155 Å². The molecule has 1 aromatic heterocycles. The minimum Gasteiger partial charge on any atom is -0.384 e. The maximum atomic E-state index is 6.09. The molecule has 0 atom stereocenters. The van der Waals surface area contributed by atoms with Crippen molar-refractivity contribution in [2.75, 3.05) is 7.05 Å².